The molecule has 1 heterocycles. The van der Waals surface area contributed by atoms with E-state index in [0.717, 1.165) is 26.5 Å². The molecule has 60 valence electrons. The molecule has 0 aliphatic carbocycles. The fraction of sp³-hybridized carbons (Fsp3) is 0. The number of H-pyrrole nitrogens is 1. The van der Waals surface area contributed by atoms with Crippen LogP contribution in [0.3, 0.4) is 0 Å². The number of fused-ring (bicyclic) bond motifs is 1. The van der Waals surface area contributed by atoms with Crippen molar-refractivity contribution in [2.75, 3.05) is 0 Å². The van der Waals surface area contributed by atoms with E-state index in [2.05, 4.69) is 27.6 Å². The summed E-state index contributed by atoms with van der Waals surface area (Å²) in [6.45, 7) is 0. The second-order valence-corrected chi connectivity index (χ2v) is 3.59. The monoisotopic (exact) mass is 271 g/mol. The zero-order valence-electron chi connectivity index (χ0n) is 6.17. The first-order valence-corrected chi connectivity index (χ1v) is 4.62. The highest BCUT2D eigenvalue weighted by Crippen LogP contribution is 2.21. The first-order valence-electron chi connectivity index (χ1n) is 3.54. The number of aromatic amines is 1. The quantitative estimate of drug-likeness (QED) is 0.627. The van der Waals surface area contributed by atoms with Gasteiger partial charge in [0.15, 0.2) is 6.29 Å². The maximum atomic E-state index is 10.7. The highest BCUT2D eigenvalue weighted by atomic mass is 127. The minimum atomic E-state index is 0.756. The van der Waals surface area contributed by atoms with E-state index < -0.39 is 0 Å². The molecule has 12 heavy (non-hydrogen) atoms. The van der Waals surface area contributed by atoms with Gasteiger partial charge in [0.2, 0.25) is 0 Å². The molecular formula is C9H6INO. The van der Waals surface area contributed by atoms with Crippen LogP contribution in [-0.4, -0.2) is 11.3 Å². The van der Waals surface area contributed by atoms with Crippen LogP contribution in [-0.2, 0) is 0 Å². The third kappa shape index (κ3) is 1.04. The zero-order valence-corrected chi connectivity index (χ0v) is 8.33. The van der Waals surface area contributed by atoms with Gasteiger partial charge in [-0.3, -0.25) is 4.79 Å². The van der Waals surface area contributed by atoms with Crippen LogP contribution < -0.4 is 0 Å². The first kappa shape index (κ1) is 7.79. The smallest absolute Gasteiger partial charge is 0.153 e. The van der Waals surface area contributed by atoms with Crippen LogP contribution >= 0.6 is 22.6 Å². The number of aromatic nitrogens is 1. The van der Waals surface area contributed by atoms with Crippen molar-refractivity contribution in [3.63, 3.8) is 0 Å². The number of hydrogen-bond donors (Lipinski definition) is 1. The molecule has 2 nitrogen and oxygen atoms in total. The average molecular weight is 271 g/mol. The molecule has 0 atom stereocenters. The molecular weight excluding hydrogens is 265 g/mol. The normalized spacial score (nSPS) is 10.4. The SMILES string of the molecule is O=Cc1c(I)[nH]c2ccccc12. The molecule has 2 aromatic rings. The maximum Gasteiger partial charge on any atom is 0.153 e. The fourth-order valence-electron chi connectivity index (χ4n) is 1.25. The lowest BCUT2D eigenvalue weighted by molar-refractivity contribution is 0.112. The van der Waals surface area contributed by atoms with Gasteiger partial charge < -0.3 is 4.98 Å². The van der Waals surface area contributed by atoms with Crippen LogP contribution in [0.2, 0.25) is 0 Å². The number of rotatable bonds is 1. The topological polar surface area (TPSA) is 32.9 Å². The molecule has 0 fully saturated rings. The number of carbonyl (C=O) groups excluding carboxylic acids is 1. The van der Waals surface area contributed by atoms with E-state index in [4.69, 9.17) is 0 Å². The van der Waals surface area contributed by atoms with E-state index in [-0.39, 0.29) is 0 Å². The molecule has 0 amide bonds. The third-order valence-electron chi connectivity index (χ3n) is 1.82. The van der Waals surface area contributed by atoms with Gasteiger partial charge in [0, 0.05) is 10.9 Å². The van der Waals surface area contributed by atoms with Crippen LogP contribution in [0.5, 0.6) is 0 Å². The van der Waals surface area contributed by atoms with Crippen molar-refractivity contribution in [2.24, 2.45) is 0 Å². The van der Waals surface area contributed by atoms with Crippen molar-refractivity contribution in [2.45, 2.75) is 0 Å². The number of halogens is 1. The Balaban J connectivity index is 2.90. The van der Waals surface area contributed by atoms with E-state index in [1.165, 1.54) is 0 Å². The second-order valence-electron chi connectivity index (χ2n) is 2.52. The first-order chi connectivity index (χ1) is 5.83. The molecule has 3 heteroatoms. The number of aldehydes is 1. The summed E-state index contributed by atoms with van der Waals surface area (Å²) in [5.74, 6) is 0. The summed E-state index contributed by atoms with van der Waals surface area (Å²) < 4.78 is 0.906. The van der Waals surface area contributed by atoms with Crippen molar-refractivity contribution >= 4 is 39.8 Å². The Morgan fingerprint density at radius 3 is 2.83 bits per heavy atom. The van der Waals surface area contributed by atoms with E-state index in [1.807, 2.05) is 24.3 Å². The van der Waals surface area contributed by atoms with Crippen molar-refractivity contribution < 1.29 is 4.79 Å². The molecule has 0 spiro atoms. The van der Waals surface area contributed by atoms with Crippen LogP contribution in [0.25, 0.3) is 10.9 Å². The van der Waals surface area contributed by atoms with E-state index in [1.54, 1.807) is 0 Å². The predicted molar refractivity (Wildman–Crippen MR) is 56.4 cm³/mol. The molecule has 0 saturated carbocycles. The van der Waals surface area contributed by atoms with Gasteiger partial charge in [0.1, 0.15) is 0 Å². The number of carbonyl (C=O) groups is 1. The zero-order chi connectivity index (χ0) is 8.55. The summed E-state index contributed by atoms with van der Waals surface area (Å²) in [6, 6.07) is 7.78. The molecule has 0 aliphatic rings. The summed E-state index contributed by atoms with van der Waals surface area (Å²) in [4.78, 5) is 13.8. The van der Waals surface area contributed by atoms with Gasteiger partial charge >= 0.3 is 0 Å². The molecule has 1 aromatic carbocycles. The Hall–Kier alpha value is -0.840. The van der Waals surface area contributed by atoms with Gasteiger partial charge in [0.25, 0.3) is 0 Å². The summed E-state index contributed by atoms with van der Waals surface area (Å²) in [6.07, 6.45) is 0.889. The van der Waals surface area contributed by atoms with E-state index in [9.17, 15) is 4.79 Å². The Morgan fingerprint density at radius 1 is 1.33 bits per heavy atom. The highest BCUT2D eigenvalue weighted by Gasteiger charge is 2.06. The minimum Gasteiger partial charge on any atom is -0.349 e. The number of benzene rings is 1. The molecule has 0 radical (unpaired) electrons. The largest absolute Gasteiger partial charge is 0.349 e. The van der Waals surface area contributed by atoms with Crippen molar-refractivity contribution in [3.8, 4) is 0 Å². The molecule has 1 aromatic heterocycles. The van der Waals surface area contributed by atoms with Gasteiger partial charge in [0.05, 0.1) is 9.26 Å². The summed E-state index contributed by atoms with van der Waals surface area (Å²) in [7, 11) is 0. The standard InChI is InChI=1S/C9H6INO/c10-9-7(5-12)6-3-1-2-4-8(6)11-9/h1-5,11H. The molecule has 0 saturated heterocycles. The van der Waals surface area contributed by atoms with Crippen LogP contribution in [0.1, 0.15) is 10.4 Å². The number of nitrogens with one attached hydrogen (secondary N) is 1. The number of para-hydroxylation sites is 1. The van der Waals surface area contributed by atoms with Crippen LogP contribution in [0.4, 0.5) is 0 Å². The highest BCUT2D eigenvalue weighted by molar-refractivity contribution is 14.1. The van der Waals surface area contributed by atoms with Gasteiger partial charge in [-0.05, 0) is 28.7 Å². The maximum absolute atomic E-state index is 10.7. The molecule has 2 rings (SSSR count). The lowest BCUT2D eigenvalue weighted by atomic mass is 10.2. The lowest BCUT2D eigenvalue weighted by Crippen LogP contribution is -1.78. The van der Waals surface area contributed by atoms with Crippen LogP contribution in [0, 0.1) is 3.70 Å². The second kappa shape index (κ2) is 2.90. The van der Waals surface area contributed by atoms with Crippen molar-refractivity contribution in [3.05, 3.63) is 33.5 Å². The Labute approximate surface area is 83.1 Å². The number of hydrogen-bond acceptors (Lipinski definition) is 1. The minimum absolute atomic E-state index is 0.756. The fourth-order valence-corrected chi connectivity index (χ4v) is 1.95. The van der Waals surface area contributed by atoms with Crippen molar-refractivity contribution in [1.29, 1.82) is 0 Å². The summed E-state index contributed by atoms with van der Waals surface area (Å²) >= 11 is 2.13. The predicted octanol–water partition coefficient (Wildman–Crippen LogP) is 2.59. The average Bonchev–Trinajstić information content (AvgIpc) is 2.40. The molecule has 0 bridgehead atoms. The molecule has 0 aliphatic heterocycles. The molecule has 1 N–H and O–H groups in total. The van der Waals surface area contributed by atoms with Gasteiger partial charge in [-0.15, -0.1) is 0 Å². The Kier molecular flexibility index (Phi) is 1.88. The van der Waals surface area contributed by atoms with Gasteiger partial charge in [-0.1, -0.05) is 18.2 Å². The van der Waals surface area contributed by atoms with Gasteiger partial charge in [-0.2, -0.15) is 0 Å². The summed E-state index contributed by atoms with van der Waals surface area (Å²) in [5, 5.41) is 0.997. The van der Waals surface area contributed by atoms with Crippen LogP contribution in [0.15, 0.2) is 24.3 Å². The lowest BCUT2D eigenvalue weighted by Gasteiger charge is -1.86. The van der Waals surface area contributed by atoms with Gasteiger partial charge in [-0.25, -0.2) is 0 Å². The van der Waals surface area contributed by atoms with E-state index >= 15 is 0 Å². The Morgan fingerprint density at radius 2 is 2.08 bits per heavy atom. The van der Waals surface area contributed by atoms with Crippen molar-refractivity contribution in [1.82, 2.24) is 4.98 Å². The van der Waals surface area contributed by atoms with E-state index in [0.29, 0.717) is 0 Å². The molecule has 0 unspecified atom stereocenters. The Bertz CT molecular complexity index is 433. The summed E-state index contributed by atoms with van der Waals surface area (Å²) in [5.41, 5.74) is 1.77. The third-order valence-corrected chi connectivity index (χ3v) is 2.67.